The molecule has 1 amide bonds. The first-order valence-corrected chi connectivity index (χ1v) is 13.5. The average Bonchev–Trinajstić information content (AvgIpc) is 2.79. The number of unbranched alkanes of at least 4 members (excludes halogenated alkanes) is 4. The molecule has 2 aliphatic rings. The van der Waals surface area contributed by atoms with Crippen molar-refractivity contribution in [2.45, 2.75) is 89.8 Å². The summed E-state index contributed by atoms with van der Waals surface area (Å²) in [6.07, 6.45) is 8.55. The Morgan fingerprint density at radius 1 is 1.22 bits per heavy atom. The molecule has 2 rings (SSSR count). The van der Waals surface area contributed by atoms with Crippen LogP contribution in [0.4, 0.5) is 0 Å². The van der Waals surface area contributed by atoms with Crippen LogP contribution in [-0.4, -0.2) is 43.7 Å². The van der Waals surface area contributed by atoms with Crippen LogP contribution in [0.2, 0.25) is 19.6 Å². The fourth-order valence-corrected chi connectivity index (χ4v) is 5.06. The van der Waals surface area contributed by atoms with Gasteiger partial charge in [-0.15, -0.1) is 0 Å². The second-order valence-corrected chi connectivity index (χ2v) is 13.0. The van der Waals surface area contributed by atoms with E-state index in [1.165, 1.54) is 18.9 Å². The smallest absolute Gasteiger partial charge is 0.348 e. The summed E-state index contributed by atoms with van der Waals surface area (Å²) in [6, 6.07) is -0.318. The molecule has 2 aliphatic heterocycles. The maximum Gasteiger partial charge on any atom is 0.348 e. The monoisotopic (exact) mass is 395 g/mol. The zero-order valence-corrected chi connectivity index (χ0v) is 18.2. The van der Waals surface area contributed by atoms with Gasteiger partial charge in [-0.2, -0.15) is 0 Å². The van der Waals surface area contributed by atoms with Gasteiger partial charge in [0.05, 0.1) is 12.0 Å². The van der Waals surface area contributed by atoms with Crippen molar-refractivity contribution < 1.29 is 23.5 Å². The average molecular weight is 396 g/mol. The number of ether oxygens (including phenoxy) is 1. The highest BCUT2D eigenvalue weighted by molar-refractivity contribution is 6.70. The number of piperidine rings is 1. The molecule has 0 radical (unpaired) electrons. The first kappa shape index (κ1) is 21.8. The molecule has 2 saturated heterocycles. The van der Waals surface area contributed by atoms with Crippen molar-refractivity contribution in [3.05, 3.63) is 12.2 Å². The molecule has 0 spiro atoms. The Bertz CT molecular complexity index is 612. The Balaban J connectivity index is 2.13. The summed E-state index contributed by atoms with van der Waals surface area (Å²) in [7, 11) is -2.23. The molecule has 2 fully saturated rings. The van der Waals surface area contributed by atoms with E-state index in [-0.39, 0.29) is 11.8 Å². The molecule has 0 saturated carbocycles. The van der Waals surface area contributed by atoms with Gasteiger partial charge < -0.3 is 14.5 Å². The first-order valence-electron chi connectivity index (χ1n) is 10.0. The van der Waals surface area contributed by atoms with E-state index in [1.54, 1.807) is 13.0 Å². The largest absolute Gasteiger partial charge is 0.457 e. The van der Waals surface area contributed by atoms with E-state index < -0.39 is 37.8 Å². The molecule has 27 heavy (non-hydrogen) atoms. The van der Waals surface area contributed by atoms with Crippen molar-refractivity contribution in [1.82, 2.24) is 5.32 Å². The van der Waals surface area contributed by atoms with Crippen LogP contribution in [-0.2, 0) is 23.5 Å². The van der Waals surface area contributed by atoms with Crippen LogP contribution in [0.3, 0.4) is 0 Å². The third-order valence-electron chi connectivity index (χ3n) is 5.04. The zero-order valence-electron chi connectivity index (χ0n) is 17.2. The Morgan fingerprint density at radius 2 is 1.89 bits per heavy atom. The van der Waals surface area contributed by atoms with Crippen LogP contribution in [0.15, 0.2) is 12.2 Å². The molecule has 0 aromatic rings. The minimum Gasteiger partial charge on any atom is -0.457 e. The fraction of sp³-hybridized carbons (Fsp3) is 0.750. The maximum absolute atomic E-state index is 12.8. The van der Waals surface area contributed by atoms with Gasteiger partial charge in [-0.25, -0.2) is 4.79 Å². The molecule has 0 aromatic carbocycles. The van der Waals surface area contributed by atoms with E-state index in [0.29, 0.717) is 6.42 Å². The van der Waals surface area contributed by atoms with Crippen molar-refractivity contribution in [3.8, 4) is 0 Å². The topological polar surface area (TPSA) is 81.7 Å². The number of allylic oxidation sites excluding steroid dienone is 1. The van der Waals surface area contributed by atoms with Gasteiger partial charge in [0, 0.05) is 6.42 Å². The van der Waals surface area contributed by atoms with Crippen LogP contribution >= 0.6 is 0 Å². The van der Waals surface area contributed by atoms with Crippen molar-refractivity contribution in [2.24, 2.45) is 5.92 Å². The Labute approximate surface area is 163 Å². The normalized spacial score (nSPS) is 30.5. The van der Waals surface area contributed by atoms with Gasteiger partial charge in [0.2, 0.25) is 5.60 Å². The minimum atomic E-state index is -2.23. The molecule has 0 aromatic heterocycles. The number of esters is 1. The first-order chi connectivity index (χ1) is 12.6. The van der Waals surface area contributed by atoms with Crippen LogP contribution < -0.4 is 5.32 Å². The lowest BCUT2D eigenvalue weighted by molar-refractivity contribution is -0.158. The van der Waals surface area contributed by atoms with E-state index in [4.69, 9.17) is 9.16 Å². The van der Waals surface area contributed by atoms with Gasteiger partial charge in [0.25, 0.3) is 5.91 Å². The second kappa shape index (κ2) is 8.69. The standard InChI is InChI=1S/C20H33NO5Si/c1-6-7-8-9-10-11-15(22)12-13-16-17-14(2)21-18(23)20(16,19(24)25-17)26-27(3,4)5/h12-14,16-17H,6-11H2,1-5H3,(H,21,23)/b13-12+/t14-,16-,17-,20+/m0/s1. The van der Waals surface area contributed by atoms with Crippen molar-refractivity contribution in [1.29, 1.82) is 0 Å². The second-order valence-electron chi connectivity index (χ2n) is 8.60. The van der Waals surface area contributed by atoms with Gasteiger partial charge in [-0.05, 0) is 39.1 Å². The predicted octanol–water partition coefficient (Wildman–Crippen LogP) is 3.12. The van der Waals surface area contributed by atoms with Gasteiger partial charge in [-0.1, -0.05) is 38.7 Å². The fourth-order valence-electron chi connectivity index (χ4n) is 3.79. The summed E-state index contributed by atoms with van der Waals surface area (Å²) in [5.74, 6) is -1.67. The van der Waals surface area contributed by atoms with Gasteiger partial charge in [0.15, 0.2) is 14.1 Å². The lowest BCUT2D eigenvalue weighted by Crippen LogP contribution is -2.66. The van der Waals surface area contributed by atoms with Gasteiger partial charge in [0.1, 0.15) is 6.10 Å². The molecular weight excluding hydrogens is 362 g/mol. The Hall–Kier alpha value is -1.47. The molecule has 2 heterocycles. The molecule has 4 atom stereocenters. The summed E-state index contributed by atoms with van der Waals surface area (Å²) >= 11 is 0. The highest BCUT2D eigenvalue weighted by Crippen LogP contribution is 2.43. The molecule has 0 aliphatic carbocycles. The van der Waals surface area contributed by atoms with E-state index >= 15 is 0 Å². The van der Waals surface area contributed by atoms with E-state index in [1.807, 2.05) is 19.6 Å². The third-order valence-corrected chi connectivity index (χ3v) is 5.98. The summed E-state index contributed by atoms with van der Waals surface area (Å²) in [4.78, 5) is 37.6. The number of fused-ring (bicyclic) bond motifs is 2. The molecule has 2 bridgehead atoms. The van der Waals surface area contributed by atoms with Crippen LogP contribution in [0, 0.1) is 5.92 Å². The number of nitrogens with one attached hydrogen (secondary N) is 1. The third kappa shape index (κ3) is 4.88. The van der Waals surface area contributed by atoms with E-state index in [0.717, 1.165) is 19.3 Å². The van der Waals surface area contributed by atoms with Gasteiger partial charge in [-0.3, -0.25) is 9.59 Å². The Kier molecular flexibility index (Phi) is 7.02. The number of hydrogen-bond acceptors (Lipinski definition) is 5. The molecular formula is C20H33NO5Si. The molecule has 0 unspecified atom stereocenters. The Morgan fingerprint density at radius 3 is 2.52 bits per heavy atom. The summed E-state index contributed by atoms with van der Waals surface area (Å²) in [6.45, 7) is 9.74. The van der Waals surface area contributed by atoms with Crippen molar-refractivity contribution >= 4 is 26.0 Å². The maximum atomic E-state index is 12.8. The van der Waals surface area contributed by atoms with Crippen molar-refractivity contribution in [3.63, 3.8) is 0 Å². The highest BCUT2D eigenvalue weighted by atomic mass is 28.4. The summed E-state index contributed by atoms with van der Waals surface area (Å²) in [5.41, 5.74) is -1.67. The molecule has 6 nitrogen and oxygen atoms in total. The van der Waals surface area contributed by atoms with E-state index in [9.17, 15) is 14.4 Å². The van der Waals surface area contributed by atoms with E-state index in [2.05, 4.69) is 12.2 Å². The molecule has 7 heteroatoms. The number of carbonyl (C=O) groups is 3. The van der Waals surface area contributed by atoms with Crippen LogP contribution in [0.25, 0.3) is 0 Å². The zero-order chi connectivity index (χ0) is 20.2. The number of amides is 1. The quantitative estimate of drug-likeness (QED) is 0.202. The number of hydrogen-bond donors (Lipinski definition) is 1. The highest BCUT2D eigenvalue weighted by Gasteiger charge is 2.68. The van der Waals surface area contributed by atoms with Crippen molar-refractivity contribution in [2.75, 3.05) is 0 Å². The number of ketones is 1. The molecule has 152 valence electrons. The summed E-state index contributed by atoms with van der Waals surface area (Å²) in [5, 5.41) is 2.80. The number of rotatable bonds is 10. The lowest BCUT2D eigenvalue weighted by atomic mass is 9.79. The SMILES string of the molecule is CCCCCCCC(=O)/C=C/[C@H]1[C@H]2OC(=O)[C@]1(O[Si](C)(C)C)C(=O)N[C@H]2C. The minimum absolute atomic E-state index is 0.0140. The number of carbonyl (C=O) groups excluding carboxylic acids is 3. The summed E-state index contributed by atoms with van der Waals surface area (Å²) < 4.78 is 11.6. The van der Waals surface area contributed by atoms with Crippen LogP contribution in [0.1, 0.15) is 52.4 Å². The lowest BCUT2D eigenvalue weighted by Gasteiger charge is -2.40. The van der Waals surface area contributed by atoms with Crippen LogP contribution in [0.5, 0.6) is 0 Å². The predicted molar refractivity (Wildman–Crippen MR) is 106 cm³/mol. The molecule has 1 N–H and O–H groups in total. The van der Waals surface area contributed by atoms with Gasteiger partial charge >= 0.3 is 5.97 Å².